The quantitative estimate of drug-likeness (QED) is 0.198. The molecule has 0 aliphatic heterocycles. The molecular formula is C8H15N5O. The van der Waals surface area contributed by atoms with E-state index in [2.05, 4.69) is 15.5 Å². The fraction of sp³-hybridized carbons (Fsp3) is 0.500. The van der Waals surface area contributed by atoms with Crippen LogP contribution in [0.25, 0.3) is 0 Å². The SMILES string of the molecule is Cn1ccnc1CNCCC(N)=NO. The summed E-state index contributed by atoms with van der Waals surface area (Å²) in [4.78, 5) is 4.14. The molecule has 1 rings (SSSR count). The zero-order chi connectivity index (χ0) is 10.4. The molecule has 1 aromatic heterocycles. The van der Waals surface area contributed by atoms with Crippen LogP contribution in [-0.2, 0) is 13.6 Å². The van der Waals surface area contributed by atoms with Crippen LogP contribution in [-0.4, -0.2) is 27.1 Å². The summed E-state index contributed by atoms with van der Waals surface area (Å²) in [5.74, 6) is 1.20. The Balaban J connectivity index is 2.20. The summed E-state index contributed by atoms with van der Waals surface area (Å²) in [7, 11) is 1.94. The number of nitrogens with zero attached hydrogens (tertiary/aromatic N) is 3. The number of aryl methyl sites for hydroxylation is 1. The van der Waals surface area contributed by atoms with Gasteiger partial charge in [0.05, 0.1) is 6.54 Å². The van der Waals surface area contributed by atoms with E-state index in [-0.39, 0.29) is 5.84 Å². The van der Waals surface area contributed by atoms with E-state index in [1.807, 2.05) is 17.8 Å². The first-order chi connectivity index (χ1) is 6.74. The van der Waals surface area contributed by atoms with E-state index in [0.29, 0.717) is 19.5 Å². The number of rotatable bonds is 5. The molecule has 1 heterocycles. The molecule has 78 valence electrons. The fourth-order valence-electron chi connectivity index (χ4n) is 1.03. The molecular weight excluding hydrogens is 182 g/mol. The largest absolute Gasteiger partial charge is 0.409 e. The highest BCUT2D eigenvalue weighted by molar-refractivity contribution is 5.79. The minimum absolute atomic E-state index is 0.234. The molecule has 1 aromatic rings. The van der Waals surface area contributed by atoms with Crippen molar-refractivity contribution in [1.82, 2.24) is 14.9 Å². The van der Waals surface area contributed by atoms with Gasteiger partial charge in [0.25, 0.3) is 0 Å². The molecule has 0 aliphatic carbocycles. The Labute approximate surface area is 82.4 Å². The predicted octanol–water partition coefficient (Wildman–Crippen LogP) is -0.354. The molecule has 6 nitrogen and oxygen atoms in total. The van der Waals surface area contributed by atoms with E-state index in [9.17, 15) is 0 Å². The number of nitrogens with two attached hydrogens (primary N) is 1. The summed E-state index contributed by atoms with van der Waals surface area (Å²) in [5.41, 5.74) is 5.30. The Kier molecular flexibility index (Phi) is 3.93. The first kappa shape index (κ1) is 10.5. The third-order valence-corrected chi connectivity index (χ3v) is 1.89. The van der Waals surface area contributed by atoms with Gasteiger partial charge >= 0.3 is 0 Å². The van der Waals surface area contributed by atoms with E-state index in [1.165, 1.54) is 0 Å². The minimum atomic E-state index is 0.234. The van der Waals surface area contributed by atoms with Gasteiger partial charge in [-0.1, -0.05) is 5.16 Å². The summed E-state index contributed by atoms with van der Waals surface area (Å²) in [5, 5.41) is 14.3. The Bertz CT molecular complexity index is 306. The molecule has 0 saturated carbocycles. The van der Waals surface area contributed by atoms with Crippen molar-refractivity contribution in [2.45, 2.75) is 13.0 Å². The number of hydrogen-bond acceptors (Lipinski definition) is 4. The zero-order valence-corrected chi connectivity index (χ0v) is 8.14. The van der Waals surface area contributed by atoms with Crippen molar-refractivity contribution in [2.24, 2.45) is 17.9 Å². The van der Waals surface area contributed by atoms with Crippen molar-refractivity contribution >= 4 is 5.84 Å². The van der Waals surface area contributed by atoms with Gasteiger partial charge < -0.3 is 20.8 Å². The molecule has 0 atom stereocenters. The molecule has 14 heavy (non-hydrogen) atoms. The fourth-order valence-corrected chi connectivity index (χ4v) is 1.03. The molecule has 4 N–H and O–H groups in total. The van der Waals surface area contributed by atoms with Crippen LogP contribution in [0.5, 0.6) is 0 Å². The van der Waals surface area contributed by atoms with Crippen molar-refractivity contribution < 1.29 is 5.21 Å². The van der Waals surface area contributed by atoms with Gasteiger partial charge in [0.15, 0.2) is 0 Å². The van der Waals surface area contributed by atoms with Gasteiger partial charge in [-0.05, 0) is 0 Å². The lowest BCUT2D eigenvalue weighted by Crippen LogP contribution is -2.23. The van der Waals surface area contributed by atoms with Crippen LogP contribution >= 0.6 is 0 Å². The molecule has 6 heteroatoms. The summed E-state index contributed by atoms with van der Waals surface area (Å²) in [6.45, 7) is 1.35. The van der Waals surface area contributed by atoms with Crippen LogP contribution in [0, 0.1) is 0 Å². The number of nitrogens with one attached hydrogen (secondary N) is 1. The maximum Gasteiger partial charge on any atom is 0.140 e. The zero-order valence-electron chi connectivity index (χ0n) is 8.14. The summed E-state index contributed by atoms with van der Waals surface area (Å²) < 4.78 is 1.94. The molecule has 0 saturated heterocycles. The maximum absolute atomic E-state index is 8.28. The molecule has 0 aliphatic rings. The standard InChI is InChI=1S/C8H15N5O/c1-13-5-4-11-8(13)6-10-3-2-7(9)12-14/h4-5,10,14H,2-3,6H2,1H3,(H2,9,12). The Morgan fingerprint density at radius 2 is 2.57 bits per heavy atom. The molecule has 0 amide bonds. The summed E-state index contributed by atoms with van der Waals surface area (Å²) in [6, 6.07) is 0. The van der Waals surface area contributed by atoms with Crippen molar-refractivity contribution in [3.8, 4) is 0 Å². The average molecular weight is 197 g/mol. The highest BCUT2D eigenvalue weighted by Gasteiger charge is 1.98. The average Bonchev–Trinajstić information content (AvgIpc) is 2.58. The first-order valence-electron chi connectivity index (χ1n) is 4.37. The highest BCUT2D eigenvalue weighted by atomic mass is 16.4. The van der Waals surface area contributed by atoms with Crippen molar-refractivity contribution in [3.63, 3.8) is 0 Å². The number of aromatic nitrogens is 2. The maximum atomic E-state index is 8.28. The van der Waals surface area contributed by atoms with Crippen LogP contribution in [0.3, 0.4) is 0 Å². The summed E-state index contributed by atoms with van der Waals surface area (Å²) >= 11 is 0. The number of oxime groups is 1. The molecule has 0 fully saturated rings. The third-order valence-electron chi connectivity index (χ3n) is 1.89. The van der Waals surface area contributed by atoms with Gasteiger partial charge in [0, 0.05) is 32.4 Å². The second-order valence-electron chi connectivity index (χ2n) is 2.97. The van der Waals surface area contributed by atoms with Crippen LogP contribution in [0.2, 0.25) is 0 Å². The van der Waals surface area contributed by atoms with Crippen molar-refractivity contribution in [2.75, 3.05) is 6.54 Å². The lowest BCUT2D eigenvalue weighted by molar-refractivity contribution is 0.316. The lowest BCUT2D eigenvalue weighted by Gasteiger charge is -2.03. The molecule has 0 radical (unpaired) electrons. The third kappa shape index (κ3) is 3.06. The van der Waals surface area contributed by atoms with Crippen LogP contribution in [0.1, 0.15) is 12.2 Å². The minimum Gasteiger partial charge on any atom is -0.409 e. The van der Waals surface area contributed by atoms with Crippen LogP contribution < -0.4 is 11.1 Å². The second-order valence-corrected chi connectivity index (χ2v) is 2.97. The van der Waals surface area contributed by atoms with Crippen molar-refractivity contribution in [3.05, 3.63) is 18.2 Å². The summed E-state index contributed by atoms with van der Waals surface area (Å²) in [6.07, 6.45) is 4.17. The van der Waals surface area contributed by atoms with Gasteiger partial charge in [-0.15, -0.1) is 0 Å². The molecule has 0 bridgehead atoms. The normalized spacial score (nSPS) is 11.9. The van der Waals surface area contributed by atoms with Gasteiger partial charge in [-0.2, -0.15) is 0 Å². The van der Waals surface area contributed by atoms with Crippen molar-refractivity contribution in [1.29, 1.82) is 0 Å². The molecule has 0 spiro atoms. The topological polar surface area (TPSA) is 88.5 Å². The Morgan fingerprint density at radius 1 is 1.79 bits per heavy atom. The Morgan fingerprint density at radius 3 is 3.14 bits per heavy atom. The second kappa shape index (κ2) is 5.23. The molecule has 0 aromatic carbocycles. The smallest absolute Gasteiger partial charge is 0.140 e. The lowest BCUT2D eigenvalue weighted by atomic mass is 10.4. The van der Waals surface area contributed by atoms with E-state index >= 15 is 0 Å². The molecule has 0 unspecified atom stereocenters. The monoisotopic (exact) mass is 197 g/mol. The number of hydrogen-bond donors (Lipinski definition) is 3. The number of amidine groups is 1. The van der Waals surface area contributed by atoms with Crippen LogP contribution in [0.15, 0.2) is 17.5 Å². The van der Waals surface area contributed by atoms with E-state index < -0.39 is 0 Å². The number of imidazole rings is 1. The van der Waals surface area contributed by atoms with Gasteiger partial charge in [-0.3, -0.25) is 0 Å². The van der Waals surface area contributed by atoms with Gasteiger partial charge in [0.2, 0.25) is 0 Å². The van der Waals surface area contributed by atoms with Crippen LogP contribution in [0.4, 0.5) is 0 Å². The van der Waals surface area contributed by atoms with E-state index in [0.717, 1.165) is 5.82 Å². The van der Waals surface area contributed by atoms with E-state index in [4.69, 9.17) is 10.9 Å². The predicted molar refractivity (Wildman–Crippen MR) is 52.9 cm³/mol. The van der Waals surface area contributed by atoms with E-state index in [1.54, 1.807) is 6.20 Å². The first-order valence-corrected chi connectivity index (χ1v) is 4.37. The highest BCUT2D eigenvalue weighted by Crippen LogP contribution is 1.92. The Hall–Kier alpha value is -1.56. The van der Waals surface area contributed by atoms with Gasteiger partial charge in [-0.25, -0.2) is 4.98 Å². The van der Waals surface area contributed by atoms with Gasteiger partial charge in [0.1, 0.15) is 11.7 Å².